The van der Waals surface area contributed by atoms with Crippen LogP contribution in [-0.4, -0.2) is 28.4 Å². The normalized spacial score (nSPS) is 21.2. The molecule has 0 saturated carbocycles. The van der Waals surface area contributed by atoms with Gasteiger partial charge in [0.1, 0.15) is 5.75 Å². The SMILES string of the molecule is Cc1cncc(O)c1/C=C/B1OC(C)(C)C(C)(C)O1. The van der Waals surface area contributed by atoms with Gasteiger partial charge in [0.15, 0.2) is 0 Å². The molecule has 2 rings (SSSR count). The lowest BCUT2D eigenvalue weighted by Gasteiger charge is -2.32. The molecule has 4 nitrogen and oxygen atoms in total. The van der Waals surface area contributed by atoms with Gasteiger partial charge in [0.2, 0.25) is 0 Å². The minimum atomic E-state index is -0.406. The molecule has 1 saturated heterocycles. The molecule has 0 atom stereocenters. The maximum Gasteiger partial charge on any atom is 0.487 e. The number of aromatic nitrogens is 1. The van der Waals surface area contributed by atoms with Gasteiger partial charge in [-0.15, -0.1) is 0 Å². The Labute approximate surface area is 114 Å². The van der Waals surface area contributed by atoms with E-state index in [4.69, 9.17) is 9.31 Å². The Morgan fingerprint density at radius 3 is 2.26 bits per heavy atom. The smallest absolute Gasteiger partial charge is 0.487 e. The first-order chi connectivity index (χ1) is 8.73. The molecule has 0 unspecified atom stereocenters. The molecule has 102 valence electrons. The summed E-state index contributed by atoms with van der Waals surface area (Å²) in [6.45, 7) is 9.94. The summed E-state index contributed by atoms with van der Waals surface area (Å²) in [6, 6.07) is 0. The lowest BCUT2D eigenvalue weighted by Crippen LogP contribution is -2.41. The third kappa shape index (κ3) is 2.67. The highest BCUT2D eigenvalue weighted by Gasteiger charge is 2.50. The van der Waals surface area contributed by atoms with Crippen LogP contribution in [0.4, 0.5) is 0 Å². The molecule has 0 spiro atoms. The predicted molar refractivity (Wildman–Crippen MR) is 75.8 cm³/mol. The van der Waals surface area contributed by atoms with Crippen molar-refractivity contribution in [3.63, 3.8) is 0 Å². The Balaban J connectivity index is 2.18. The molecule has 1 N–H and O–H groups in total. The van der Waals surface area contributed by atoms with Gasteiger partial charge in [0.05, 0.1) is 17.4 Å². The van der Waals surface area contributed by atoms with Gasteiger partial charge in [-0.05, 0) is 40.2 Å². The van der Waals surface area contributed by atoms with Crippen molar-refractivity contribution in [2.75, 3.05) is 0 Å². The summed E-state index contributed by atoms with van der Waals surface area (Å²) in [6.07, 6.45) is 4.95. The Hall–Kier alpha value is -1.33. The summed E-state index contributed by atoms with van der Waals surface area (Å²) in [5.41, 5.74) is 0.951. The summed E-state index contributed by atoms with van der Waals surface area (Å²) >= 11 is 0. The quantitative estimate of drug-likeness (QED) is 0.831. The topological polar surface area (TPSA) is 51.6 Å². The van der Waals surface area contributed by atoms with E-state index < -0.39 is 7.12 Å². The van der Waals surface area contributed by atoms with Crippen LogP contribution in [0.3, 0.4) is 0 Å². The van der Waals surface area contributed by atoms with E-state index in [9.17, 15) is 5.11 Å². The fraction of sp³-hybridized carbons (Fsp3) is 0.500. The average molecular weight is 261 g/mol. The van der Waals surface area contributed by atoms with Crippen LogP contribution in [-0.2, 0) is 9.31 Å². The van der Waals surface area contributed by atoms with Crippen LogP contribution in [0.2, 0.25) is 0 Å². The van der Waals surface area contributed by atoms with Gasteiger partial charge in [-0.1, -0.05) is 12.1 Å². The van der Waals surface area contributed by atoms with Gasteiger partial charge >= 0.3 is 7.12 Å². The highest BCUT2D eigenvalue weighted by molar-refractivity contribution is 6.52. The second-order valence-corrected chi connectivity index (χ2v) is 5.87. The highest BCUT2D eigenvalue weighted by atomic mass is 16.7. The van der Waals surface area contributed by atoms with Crippen LogP contribution >= 0.6 is 0 Å². The molecule has 1 aromatic rings. The second-order valence-electron chi connectivity index (χ2n) is 5.87. The van der Waals surface area contributed by atoms with Crippen LogP contribution < -0.4 is 0 Å². The number of aryl methyl sites for hydroxylation is 1. The van der Waals surface area contributed by atoms with E-state index >= 15 is 0 Å². The molecule has 5 heteroatoms. The van der Waals surface area contributed by atoms with Crippen LogP contribution in [0.25, 0.3) is 6.08 Å². The van der Waals surface area contributed by atoms with Crippen molar-refractivity contribution in [1.82, 2.24) is 4.98 Å². The van der Waals surface area contributed by atoms with Gasteiger partial charge in [-0.2, -0.15) is 0 Å². The average Bonchev–Trinajstić information content (AvgIpc) is 2.46. The first-order valence-electron chi connectivity index (χ1n) is 6.40. The van der Waals surface area contributed by atoms with Crippen molar-refractivity contribution in [3.8, 4) is 5.75 Å². The number of aromatic hydroxyl groups is 1. The van der Waals surface area contributed by atoms with Crippen molar-refractivity contribution in [2.45, 2.75) is 45.8 Å². The van der Waals surface area contributed by atoms with E-state index in [0.29, 0.717) is 0 Å². The summed E-state index contributed by atoms with van der Waals surface area (Å²) in [7, 11) is -0.406. The molecule has 0 aromatic carbocycles. The summed E-state index contributed by atoms with van der Waals surface area (Å²) in [5, 5.41) is 9.78. The molecular formula is C14H20BNO3. The molecular weight excluding hydrogens is 241 g/mol. The summed E-state index contributed by atoms with van der Waals surface area (Å²) in [5.74, 6) is 1.98. The maximum atomic E-state index is 9.78. The molecule has 1 aromatic heterocycles. The van der Waals surface area contributed by atoms with Gasteiger partial charge in [0, 0.05) is 11.8 Å². The number of rotatable bonds is 2. The Kier molecular flexibility index (Phi) is 3.45. The molecule has 1 aliphatic rings. The van der Waals surface area contributed by atoms with Crippen LogP contribution in [0.15, 0.2) is 18.4 Å². The first kappa shape index (κ1) is 14.1. The molecule has 0 bridgehead atoms. The van der Waals surface area contributed by atoms with E-state index in [0.717, 1.165) is 11.1 Å². The monoisotopic (exact) mass is 261 g/mol. The zero-order valence-corrected chi connectivity index (χ0v) is 12.1. The fourth-order valence-electron chi connectivity index (χ4n) is 1.92. The van der Waals surface area contributed by atoms with E-state index in [1.54, 1.807) is 6.20 Å². The minimum Gasteiger partial charge on any atom is -0.506 e. The minimum absolute atomic E-state index is 0.160. The van der Waals surface area contributed by atoms with E-state index in [2.05, 4.69) is 4.98 Å². The third-order valence-corrected chi connectivity index (χ3v) is 3.86. The molecule has 0 radical (unpaired) electrons. The molecule has 2 heterocycles. The predicted octanol–water partition coefficient (Wildman–Crippen LogP) is 2.74. The second kappa shape index (κ2) is 4.65. The van der Waals surface area contributed by atoms with Crippen LogP contribution in [0.1, 0.15) is 38.8 Å². The molecule has 0 amide bonds. The van der Waals surface area contributed by atoms with Gasteiger partial charge in [-0.3, -0.25) is 4.98 Å². The highest BCUT2D eigenvalue weighted by Crippen LogP contribution is 2.37. The Morgan fingerprint density at radius 2 is 1.74 bits per heavy atom. The largest absolute Gasteiger partial charge is 0.506 e. The third-order valence-electron chi connectivity index (χ3n) is 3.86. The summed E-state index contributed by atoms with van der Waals surface area (Å²) in [4.78, 5) is 3.92. The zero-order valence-electron chi connectivity index (χ0n) is 12.1. The van der Waals surface area contributed by atoms with Gasteiger partial charge in [0.25, 0.3) is 0 Å². The van der Waals surface area contributed by atoms with Crippen LogP contribution in [0, 0.1) is 6.92 Å². The fourth-order valence-corrected chi connectivity index (χ4v) is 1.92. The number of nitrogens with zero attached hydrogens (tertiary/aromatic N) is 1. The summed E-state index contributed by atoms with van der Waals surface area (Å²) < 4.78 is 11.7. The van der Waals surface area contributed by atoms with Gasteiger partial charge in [-0.25, -0.2) is 0 Å². The maximum absolute atomic E-state index is 9.78. The van der Waals surface area contributed by atoms with Crippen LogP contribution in [0.5, 0.6) is 5.75 Å². The molecule has 1 fully saturated rings. The van der Waals surface area contributed by atoms with Crippen molar-refractivity contribution in [3.05, 3.63) is 29.5 Å². The van der Waals surface area contributed by atoms with Crippen molar-refractivity contribution in [2.24, 2.45) is 0 Å². The number of hydrogen-bond acceptors (Lipinski definition) is 4. The standard InChI is InChI=1S/C14H20BNO3/c1-10-8-16-9-12(17)11(10)6-7-15-18-13(2,3)14(4,5)19-15/h6-9,17H,1-5H3/b7-6+. The van der Waals surface area contributed by atoms with E-state index in [1.807, 2.05) is 46.7 Å². The molecule has 19 heavy (non-hydrogen) atoms. The van der Waals surface area contributed by atoms with Crippen molar-refractivity contribution < 1.29 is 14.4 Å². The van der Waals surface area contributed by atoms with Crippen molar-refractivity contribution in [1.29, 1.82) is 0 Å². The first-order valence-corrected chi connectivity index (χ1v) is 6.40. The Morgan fingerprint density at radius 1 is 1.16 bits per heavy atom. The lowest BCUT2D eigenvalue weighted by atomic mass is 9.88. The van der Waals surface area contributed by atoms with E-state index in [-0.39, 0.29) is 17.0 Å². The molecule has 0 aliphatic carbocycles. The molecule has 1 aliphatic heterocycles. The van der Waals surface area contributed by atoms with Gasteiger partial charge < -0.3 is 14.4 Å². The number of hydrogen-bond donors (Lipinski definition) is 1. The lowest BCUT2D eigenvalue weighted by molar-refractivity contribution is 0.00578. The zero-order chi connectivity index (χ0) is 14.3. The van der Waals surface area contributed by atoms with Crippen molar-refractivity contribution >= 4 is 13.2 Å². The Bertz CT molecular complexity index is 475. The van der Waals surface area contributed by atoms with E-state index in [1.165, 1.54) is 6.20 Å². The number of pyridine rings is 1.